The summed E-state index contributed by atoms with van der Waals surface area (Å²) in [7, 11) is 0. The number of rotatable bonds is 6. The van der Waals surface area contributed by atoms with Gasteiger partial charge in [0.2, 0.25) is 0 Å². The van der Waals surface area contributed by atoms with E-state index in [1.165, 1.54) is 19.3 Å². The van der Waals surface area contributed by atoms with Gasteiger partial charge >= 0.3 is 0 Å². The summed E-state index contributed by atoms with van der Waals surface area (Å²) in [6.07, 6.45) is 5.81. The van der Waals surface area contributed by atoms with E-state index in [0.29, 0.717) is 16.8 Å². The standard InChI is InChI=1S/C23H28N2O3/c1-16(2)28-21-14-12-20(13-15-21)25-23(27)18-10-8-17(9-11-18)22(26)24-19-6-4-3-5-7-19/h8-16,19H,3-7H2,1-2H3,(H,24,26)(H,25,27). The highest BCUT2D eigenvalue weighted by molar-refractivity contribution is 6.05. The molecular weight excluding hydrogens is 352 g/mol. The molecule has 1 aliphatic carbocycles. The molecule has 1 saturated carbocycles. The Hall–Kier alpha value is -2.82. The van der Waals surface area contributed by atoms with E-state index in [1.54, 1.807) is 24.3 Å². The first-order chi connectivity index (χ1) is 13.5. The quantitative estimate of drug-likeness (QED) is 0.757. The zero-order chi connectivity index (χ0) is 19.9. The average Bonchev–Trinajstić information content (AvgIpc) is 2.70. The van der Waals surface area contributed by atoms with Gasteiger partial charge in [-0.05, 0) is 75.2 Å². The highest BCUT2D eigenvalue weighted by atomic mass is 16.5. The van der Waals surface area contributed by atoms with E-state index in [2.05, 4.69) is 10.6 Å². The van der Waals surface area contributed by atoms with Crippen LogP contribution in [0.3, 0.4) is 0 Å². The van der Waals surface area contributed by atoms with Crippen LogP contribution in [0.2, 0.25) is 0 Å². The topological polar surface area (TPSA) is 67.4 Å². The minimum Gasteiger partial charge on any atom is -0.491 e. The van der Waals surface area contributed by atoms with Crippen molar-refractivity contribution < 1.29 is 14.3 Å². The fourth-order valence-electron chi connectivity index (χ4n) is 3.38. The summed E-state index contributed by atoms with van der Waals surface area (Å²) < 4.78 is 5.60. The van der Waals surface area contributed by atoms with Crippen molar-refractivity contribution in [1.82, 2.24) is 5.32 Å². The molecule has 0 unspecified atom stereocenters. The molecule has 1 fully saturated rings. The molecule has 3 rings (SSSR count). The minimum atomic E-state index is -0.211. The van der Waals surface area contributed by atoms with Crippen LogP contribution in [-0.4, -0.2) is 24.0 Å². The largest absolute Gasteiger partial charge is 0.491 e. The van der Waals surface area contributed by atoms with Gasteiger partial charge in [-0.2, -0.15) is 0 Å². The van der Waals surface area contributed by atoms with Crippen molar-refractivity contribution in [2.24, 2.45) is 0 Å². The maximum absolute atomic E-state index is 12.4. The normalized spacial score (nSPS) is 14.5. The van der Waals surface area contributed by atoms with Crippen LogP contribution in [0.25, 0.3) is 0 Å². The monoisotopic (exact) mass is 380 g/mol. The number of hydrogen-bond acceptors (Lipinski definition) is 3. The maximum atomic E-state index is 12.4. The lowest BCUT2D eigenvalue weighted by molar-refractivity contribution is 0.0926. The number of nitrogens with one attached hydrogen (secondary N) is 2. The molecule has 0 aliphatic heterocycles. The molecular formula is C23H28N2O3. The third kappa shape index (κ3) is 5.59. The van der Waals surface area contributed by atoms with E-state index < -0.39 is 0 Å². The number of benzene rings is 2. The van der Waals surface area contributed by atoms with Crippen molar-refractivity contribution in [3.05, 3.63) is 59.7 Å². The number of carbonyl (C=O) groups is 2. The van der Waals surface area contributed by atoms with Gasteiger partial charge in [-0.25, -0.2) is 0 Å². The van der Waals surface area contributed by atoms with Gasteiger partial charge in [0.1, 0.15) is 5.75 Å². The van der Waals surface area contributed by atoms with Gasteiger partial charge in [0, 0.05) is 22.9 Å². The van der Waals surface area contributed by atoms with Gasteiger partial charge < -0.3 is 15.4 Å². The number of ether oxygens (including phenoxy) is 1. The smallest absolute Gasteiger partial charge is 0.255 e. The summed E-state index contributed by atoms with van der Waals surface area (Å²) >= 11 is 0. The van der Waals surface area contributed by atoms with Gasteiger partial charge in [-0.3, -0.25) is 9.59 Å². The molecule has 2 amide bonds. The molecule has 5 nitrogen and oxygen atoms in total. The van der Waals surface area contributed by atoms with E-state index in [1.807, 2.05) is 38.1 Å². The van der Waals surface area contributed by atoms with Gasteiger partial charge in [0.25, 0.3) is 11.8 Å². The molecule has 2 aromatic carbocycles. The third-order valence-corrected chi connectivity index (χ3v) is 4.83. The van der Waals surface area contributed by atoms with Crippen molar-refractivity contribution in [3.63, 3.8) is 0 Å². The van der Waals surface area contributed by atoms with Gasteiger partial charge in [-0.15, -0.1) is 0 Å². The second kappa shape index (κ2) is 9.40. The van der Waals surface area contributed by atoms with Crippen molar-refractivity contribution in [3.8, 4) is 5.75 Å². The molecule has 0 bridgehead atoms. The highest BCUT2D eigenvalue weighted by Crippen LogP contribution is 2.19. The van der Waals surface area contributed by atoms with Crippen molar-refractivity contribution in [2.45, 2.75) is 58.1 Å². The molecule has 148 valence electrons. The molecule has 0 heterocycles. The van der Waals surface area contributed by atoms with Crippen LogP contribution in [0.5, 0.6) is 5.75 Å². The summed E-state index contributed by atoms with van der Waals surface area (Å²) in [4.78, 5) is 24.8. The van der Waals surface area contributed by atoms with Gasteiger partial charge in [0.15, 0.2) is 0 Å². The maximum Gasteiger partial charge on any atom is 0.255 e. The summed E-state index contributed by atoms with van der Waals surface area (Å²) in [5, 5.41) is 5.95. The molecule has 5 heteroatoms. The molecule has 0 aromatic heterocycles. The Morgan fingerprint density at radius 2 is 1.43 bits per heavy atom. The number of anilines is 1. The zero-order valence-electron chi connectivity index (χ0n) is 16.5. The molecule has 1 aliphatic rings. The summed E-state index contributed by atoms with van der Waals surface area (Å²) in [5.74, 6) is 0.484. The third-order valence-electron chi connectivity index (χ3n) is 4.83. The van der Waals surface area contributed by atoms with Crippen LogP contribution in [-0.2, 0) is 0 Å². The van der Waals surface area contributed by atoms with Gasteiger partial charge in [0.05, 0.1) is 6.10 Å². The summed E-state index contributed by atoms with van der Waals surface area (Å²) in [6, 6.07) is 14.3. The zero-order valence-corrected chi connectivity index (χ0v) is 16.5. The minimum absolute atomic E-state index is 0.0698. The van der Waals surface area contributed by atoms with Crippen molar-refractivity contribution >= 4 is 17.5 Å². The fourth-order valence-corrected chi connectivity index (χ4v) is 3.38. The van der Waals surface area contributed by atoms with Gasteiger partial charge in [-0.1, -0.05) is 19.3 Å². The number of amides is 2. The Morgan fingerprint density at radius 1 is 0.857 bits per heavy atom. The van der Waals surface area contributed by atoms with E-state index in [4.69, 9.17) is 4.74 Å². The Bertz CT molecular complexity index is 792. The molecule has 0 saturated heterocycles. The van der Waals surface area contributed by atoms with Crippen LogP contribution >= 0.6 is 0 Å². The lowest BCUT2D eigenvalue weighted by atomic mass is 9.95. The van der Waals surface area contributed by atoms with Crippen LogP contribution in [0.15, 0.2) is 48.5 Å². The SMILES string of the molecule is CC(C)Oc1ccc(NC(=O)c2ccc(C(=O)NC3CCCCC3)cc2)cc1. The fraction of sp³-hybridized carbons (Fsp3) is 0.391. The predicted molar refractivity (Wildman–Crippen MR) is 111 cm³/mol. The molecule has 28 heavy (non-hydrogen) atoms. The first-order valence-electron chi connectivity index (χ1n) is 10.0. The summed E-state index contributed by atoms with van der Waals surface area (Å²) in [5.41, 5.74) is 1.79. The Kier molecular flexibility index (Phi) is 6.69. The first kappa shape index (κ1) is 19.9. The lowest BCUT2D eigenvalue weighted by Gasteiger charge is -2.22. The van der Waals surface area contributed by atoms with Crippen LogP contribution in [0.1, 0.15) is 66.7 Å². The van der Waals surface area contributed by atoms with Crippen LogP contribution < -0.4 is 15.4 Å². The Morgan fingerprint density at radius 3 is 2.00 bits per heavy atom. The van der Waals surface area contributed by atoms with Crippen molar-refractivity contribution in [2.75, 3.05) is 5.32 Å². The summed E-state index contributed by atoms with van der Waals surface area (Å²) in [6.45, 7) is 3.93. The molecule has 0 spiro atoms. The Balaban J connectivity index is 1.56. The predicted octanol–water partition coefficient (Wildman–Crippen LogP) is 4.79. The van der Waals surface area contributed by atoms with E-state index in [0.717, 1.165) is 18.6 Å². The van der Waals surface area contributed by atoms with Crippen LogP contribution in [0.4, 0.5) is 5.69 Å². The Labute approximate surface area is 166 Å². The molecule has 0 radical (unpaired) electrons. The second-order valence-electron chi connectivity index (χ2n) is 7.53. The first-order valence-corrected chi connectivity index (χ1v) is 10.0. The number of hydrogen-bond donors (Lipinski definition) is 2. The van der Waals surface area contributed by atoms with E-state index in [-0.39, 0.29) is 24.0 Å². The lowest BCUT2D eigenvalue weighted by Crippen LogP contribution is -2.36. The average molecular weight is 380 g/mol. The van der Waals surface area contributed by atoms with E-state index >= 15 is 0 Å². The highest BCUT2D eigenvalue weighted by Gasteiger charge is 2.17. The van der Waals surface area contributed by atoms with Crippen molar-refractivity contribution in [1.29, 1.82) is 0 Å². The molecule has 0 atom stereocenters. The molecule has 2 N–H and O–H groups in total. The number of carbonyl (C=O) groups excluding carboxylic acids is 2. The van der Waals surface area contributed by atoms with Crippen LogP contribution in [0, 0.1) is 0 Å². The molecule has 2 aromatic rings. The second-order valence-corrected chi connectivity index (χ2v) is 7.53. The van der Waals surface area contributed by atoms with E-state index in [9.17, 15) is 9.59 Å².